The molecule has 19 heavy (non-hydrogen) atoms. The molecule has 5 nitrogen and oxygen atoms in total. The SMILES string of the molecule is CC(CCCN)C(=O)NCc1ccc(C(=O)O)cc1. The quantitative estimate of drug-likeness (QED) is 0.693. The van der Waals surface area contributed by atoms with Crippen LogP contribution in [0.25, 0.3) is 0 Å². The minimum absolute atomic E-state index is 0.00392. The fraction of sp³-hybridized carbons (Fsp3) is 0.429. The van der Waals surface area contributed by atoms with Gasteiger partial charge in [0, 0.05) is 12.5 Å². The first-order valence-corrected chi connectivity index (χ1v) is 6.34. The molecule has 0 aliphatic carbocycles. The molecule has 1 aromatic carbocycles. The average molecular weight is 264 g/mol. The number of aromatic carboxylic acids is 1. The Morgan fingerprint density at radius 1 is 1.32 bits per heavy atom. The van der Waals surface area contributed by atoms with Crippen molar-refractivity contribution < 1.29 is 14.7 Å². The van der Waals surface area contributed by atoms with Gasteiger partial charge in [0.05, 0.1) is 5.56 Å². The molecule has 1 unspecified atom stereocenters. The zero-order valence-corrected chi connectivity index (χ0v) is 11.1. The first kappa shape index (κ1) is 15.2. The lowest BCUT2D eigenvalue weighted by molar-refractivity contribution is -0.124. The Balaban J connectivity index is 2.43. The Kier molecular flexibility index (Phi) is 6.02. The van der Waals surface area contributed by atoms with E-state index in [1.807, 2.05) is 6.92 Å². The van der Waals surface area contributed by atoms with Crippen molar-refractivity contribution in [2.24, 2.45) is 11.7 Å². The van der Waals surface area contributed by atoms with Crippen molar-refractivity contribution in [1.29, 1.82) is 0 Å². The van der Waals surface area contributed by atoms with E-state index in [9.17, 15) is 9.59 Å². The summed E-state index contributed by atoms with van der Waals surface area (Å²) in [6, 6.07) is 6.46. The number of hydrogen-bond donors (Lipinski definition) is 3. The summed E-state index contributed by atoms with van der Waals surface area (Å²) < 4.78 is 0. The molecule has 1 aromatic rings. The fourth-order valence-electron chi connectivity index (χ4n) is 1.68. The third-order valence-corrected chi connectivity index (χ3v) is 2.96. The zero-order chi connectivity index (χ0) is 14.3. The van der Waals surface area contributed by atoms with Crippen molar-refractivity contribution >= 4 is 11.9 Å². The maximum atomic E-state index is 11.8. The first-order valence-electron chi connectivity index (χ1n) is 6.34. The summed E-state index contributed by atoms with van der Waals surface area (Å²) in [5, 5.41) is 11.6. The van der Waals surface area contributed by atoms with Crippen LogP contribution in [0, 0.1) is 5.92 Å². The van der Waals surface area contributed by atoms with E-state index in [-0.39, 0.29) is 17.4 Å². The summed E-state index contributed by atoms with van der Waals surface area (Å²) in [5.74, 6) is -1.01. The van der Waals surface area contributed by atoms with Gasteiger partial charge in [-0.05, 0) is 37.1 Å². The van der Waals surface area contributed by atoms with Gasteiger partial charge < -0.3 is 16.2 Å². The van der Waals surface area contributed by atoms with Gasteiger partial charge in [0.2, 0.25) is 5.91 Å². The van der Waals surface area contributed by atoms with Gasteiger partial charge in [0.25, 0.3) is 0 Å². The van der Waals surface area contributed by atoms with Gasteiger partial charge in [0.15, 0.2) is 0 Å². The zero-order valence-electron chi connectivity index (χ0n) is 11.1. The van der Waals surface area contributed by atoms with Gasteiger partial charge in [-0.25, -0.2) is 4.79 Å². The molecule has 4 N–H and O–H groups in total. The molecular formula is C14H20N2O3. The van der Waals surface area contributed by atoms with Crippen molar-refractivity contribution in [1.82, 2.24) is 5.32 Å². The molecule has 5 heteroatoms. The molecule has 0 aromatic heterocycles. The van der Waals surface area contributed by atoms with Crippen molar-refractivity contribution in [2.75, 3.05) is 6.54 Å². The number of carbonyl (C=O) groups excluding carboxylic acids is 1. The van der Waals surface area contributed by atoms with Crippen LogP contribution in [0.3, 0.4) is 0 Å². The maximum Gasteiger partial charge on any atom is 0.335 e. The standard InChI is InChI=1S/C14H20N2O3/c1-10(3-2-8-15)13(17)16-9-11-4-6-12(7-5-11)14(18)19/h4-7,10H,2-3,8-9,15H2,1H3,(H,16,17)(H,18,19). The molecule has 0 heterocycles. The number of carboxylic acid groups (broad SMARTS) is 1. The smallest absolute Gasteiger partial charge is 0.335 e. The molecule has 0 aliphatic heterocycles. The van der Waals surface area contributed by atoms with E-state index in [1.165, 1.54) is 12.1 Å². The van der Waals surface area contributed by atoms with Crippen molar-refractivity contribution in [2.45, 2.75) is 26.3 Å². The highest BCUT2D eigenvalue weighted by molar-refractivity contribution is 5.87. The highest BCUT2D eigenvalue weighted by Crippen LogP contribution is 2.07. The van der Waals surface area contributed by atoms with Gasteiger partial charge in [-0.1, -0.05) is 19.1 Å². The lowest BCUT2D eigenvalue weighted by atomic mass is 10.0. The topological polar surface area (TPSA) is 92.4 Å². The second kappa shape index (κ2) is 7.53. The fourth-order valence-corrected chi connectivity index (χ4v) is 1.68. The van der Waals surface area contributed by atoms with Gasteiger partial charge >= 0.3 is 5.97 Å². The normalized spacial score (nSPS) is 11.9. The lowest BCUT2D eigenvalue weighted by Crippen LogP contribution is -2.29. The number of hydrogen-bond acceptors (Lipinski definition) is 3. The van der Waals surface area contributed by atoms with E-state index in [4.69, 9.17) is 10.8 Å². The summed E-state index contributed by atoms with van der Waals surface area (Å²) >= 11 is 0. The number of carboxylic acids is 1. The number of rotatable bonds is 7. The molecule has 104 valence electrons. The molecule has 1 atom stereocenters. The summed E-state index contributed by atoms with van der Waals surface area (Å²) in [6.07, 6.45) is 1.61. The van der Waals surface area contributed by atoms with Crippen LogP contribution in [-0.2, 0) is 11.3 Å². The molecule has 0 bridgehead atoms. The molecule has 1 rings (SSSR count). The Labute approximate surface area is 112 Å². The van der Waals surface area contributed by atoms with Crippen LogP contribution in [0.4, 0.5) is 0 Å². The Morgan fingerprint density at radius 3 is 2.47 bits per heavy atom. The van der Waals surface area contributed by atoms with Crippen molar-refractivity contribution in [3.05, 3.63) is 35.4 Å². The molecule has 0 saturated carbocycles. The van der Waals surface area contributed by atoms with Crippen LogP contribution in [0.5, 0.6) is 0 Å². The van der Waals surface area contributed by atoms with E-state index in [0.29, 0.717) is 13.1 Å². The van der Waals surface area contributed by atoms with Crippen molar-refractivity contribution in [3.63, 3.8) is 0 Å². The summed E-state index contributed by atoms with van der Waals surface area (Å²) in [5.41, 5.74) is 6.52. The number of nitrogens with one attached hydrogen (secondary N) is 1. The molecule has 0 radical (unpaired) electrons. The second-order valence-corrected chi connectivity index (χ2v) is 4.55. The molecule has 0 spiro atoms. The number of carbonyl (C=O) groups is 2. The van der Waals surface area contributed by atoms with Crippen LogP contribution in [-0.4, -0.2) is 23.5 Å². The van der Waals surface area contributed by atoms with E-state index in [0.717, 1.165) is 18.4 Å². The van der Waals surface area contributed by atoms with Crippen LogP contribution in [0.15, 0.2) is 24.3 Å². The van der Waals surface area contributed by atoms with Crippen LogP contribution in [0.2, 0.25) is 0 Å². The third-order valence-electron chi connectivity index (χ3n) is 2.96. The number of amides is 1. The largest absolute Gasteiger partial charge is 0.478 e. The van der Waals surface area contributed by atoms with E-state index in [2.05, 4.69) is 5.32 Å². The minimum Gasteiger partial charge on any atom is -0.478 e. The lowest BCUT2D eigenvalue weighted by Gasteiger charge is -2.11. The Morgan fingerprint density at radius 2 is 1.95 bits per heavy atom. The van der Waals surface area contributed by atoms with Crippen LogP contribution in [0.1, 0.15) is 35.7 Å². The molecule has 0 aliphatic rings. The number of benzene rings is 1. The average Bonchev–Trinajstić information content (AvgIpc) is 2.42. The summed E-state index contributed by atoms with van der Waals surface area (Å²) in [6.45, 7) is 2.87. The maximum absolute atomic E-state index is 11.8. The van der Waals surface area contributed by atoms with E-state index in [1.54, 1.807) is 12.1 Å². The van der Waals surface area contributed by atoms with Gasteiger partial charge in [0.1, 0.15) is 0 Å². The Bertz CT molecular complexity index is 429. The monoisotopic (exact) mass is 264 g/mol. The van der Waals surface area contributed by atoms with Crippen molar-refractivity contribution in [3.8, 4) is 0 Å². The summed E-state index contributed by atoms with van der Waals surface area (Å²) in [7, 11) is 0. The summed E-state index contributed by atoms with van der Waals surface area (Å²) in [4.78, 5) is 22.4. The van der Waals surface area contributed by atoms with Crippen LogP contribution < -0.4 is 11.1 Å². The molecule has 0 fully saturated rings. The molecular weight excluding hydrogens is 244 g/mol. The minimum atomic E-state index is -0.953. The first-order chi connectivity index (χ1) is 9.04. The second-order valence-electron chi connectivity index (χ2n) is 4.55. The van der Waals surface area contributed by atoms with Gasteiger partial charge in [-0.15, -0.1) is 0 Å². The predicted octanol–water partition coefficient (Wildman–Crippen LogP) is 1.38. The molecule has 0 saturated heterocycles. The highest BCUT2D eigenvalue weighted by Gasteiger charge is 2.11. The van der Waals surface area contributed by atoms with Gasteiger partial charge in [-0.2, -0.15) is 0 Å². The Hall–Kier alpha value is -1.88. The van der Waals surface area contributed by atoms with E-state index < -0.39 is 5.97 Å². The highest BCUT2D eigenvalue weighted by atomic mass is 16.4. The van der Waals surface area contributed by atoms with Gasteiger partial charge in [-0.3, -0.25) is 4.79 Å². The third kappa shape index (κ3) is 5.09. The predicted molar refractivity (Wildman–Crippen MR) is 72.7 cm³/mol. The molecule has 1 amide bonds. The number of nitrogens with two attached hydrogens (primary N) is 1. The van der Waals surface area contributed by atoms with Crippen LogP contribution >= 0.6 is 0 Å². The van der Waals surface area contributed by atoms with E-state index >= 15 is 0 Å².